The number of hydrogen-bond donors (Lipinski definition) is 0. The average molecular weight is 1750 g/mol. The number of rotatable bonds is 6. The summed E-state index contributed by atoms with van der Waals surface area (Å²) in [6.45, 7) is 0. The molecule has 0 aliphatic heterocycles. The minimum absolute atomic E-state index is 0.569. The van der Waals surface area contributed by atoms with E-state index in [1.165, 1.54) is 165 Å². The SMILES string of the molecule is c1ccc2c(c1)-c1ccccc1C21c2ccc3ccccc3c2-c2cccc(-c3c4cccc(-c5ccc6c(c5)oc5ccccc56)c4cc4c(-c5ccc6c(c5)oc5ccccc56)cccc34)c21.c1ccc2c(c1)-c1ccccc1C21c2ccc3ccccc3c2-c2cccc(-c3c4cccc(-c5cccc6c5oc5ccccc56)c4cc4c(-c5cccc6c5oc5ccccc56)cccc34)c21. The molecule has 24 aromatic carbocycles. The van der Waals surface area contributed by atoms with E-state index in [-0.39, 0.29) is 0 Å². The van der Waals surface area contributed by atoms with E-state index in [0.29, 0.717) is 0 Å². The van der Waals surface area contributed by atoms with Gasteiger partial charge in [0.25, 0.3) is 0 Å². The first-order chi connectivity index (χ1) is 68.5. The Morgan fingerprint density at radius 3 is 0.775 bits per heavy atom. The molecule has 0 unspecified atom stereocenters. The molecule has 0 saturated heterocycles. The van der Waals surface area contributed by atoms with Gasteiger partial charge in [0, 0.05) is 54.2 Å². The van der Waals surface area contributed by atoms with Gasteiger partial charge in [-0.2, -0.15) is 0 Å². The van der Waals surface area contributed by atoms with Crippen molar-refractivity contribution >= 4 is 152 Å². The van der Waals surface area contributed by atoms with Gasteiger partial charge in [-0.1, -0.05) is 400 Å². The maximum absolute atomic E-state index is 6.81. The molecule has 4 heterocycles. The first-order valence-electron chi connectivity index (χ1n) is 47.8. The van der Waals surface area contributed by atoms with Gasteiger partial charge in [-0.25, -0.2) is 0 Å². The highest BCUT2D eigenvalue weighted by atomic mass is 16.3. The zero-order valence-corrected chi connectivity index (χ0v) is 74.5. The number of benzene rings is 24. The van der Waals surface area contributed by atoms with Gasteiger partial charge in [-0.3, -0.25) is 0 Å². The van der Waals surface area contributed by atoms with Gasteiger partial charge in [0.05, 0.1) is 10.8 Å². The fraction of sp³-hybridized carbons (Fsp3) is 0.0149. The third-order valence-electron chi connectivity index (χ3n) is 31.4. The fourth-order valence-corrected chi connectivity index (χ4v) is 25.9. The second kappa shape index (κ2) is 28.3. The molecule has 0 amide bonds. The first kappa shape index (κ1) is 75.6. The quantitative estimate of drug-likeness (QED) is 0.156. The first-order valence-corrected chi connectivity index (χ1v) is 47.8. The van der Waals surface area contributed by atoms with E-state index in [1.54, 1.807) is 0 Å². The number of furan rings is 4. The summed E-state index contributed by atoms with van der Waals surface area (Å²) in [6.07, 6.45) is 0. The van der Waals surface area contributed by atoms with Crippen molar-refractivity contribution in [3.05, 3.63) is 506 Å². The molecule has 0 atom stereocenters. The van der Waals surface area contributed by atoms with Crippen LogP contribution in [0.3, 0.4) is 0 Å². The van der Waals surface area contributed by atoms with Crippen molar-refractivity contribution < 1.29 is 17.7 Å². The number of fused-ring (bicyclic) bond motifs is 40. The second-order valence-corrected chi connectivity index (χ2v) is 37.8. The molecule has 138 heavy (non-hydrogen) atoms. The van der Waals surface area contributed by atoms with Crippen molar-refractivity contribution in [2.45, 2.75) is 10.8 Å². The van der Waals surface area contributed by atoms with Gasteiger partial charge >= 0.3 is 0 Å². The lowest BCUT2D eigenvalue weighted by atomic mass is 9.68. The van der Waals surface area contributed by atoms with E-state index in [2.05, 4.69) is 449 Å². The van der Waals surface area contributed by atoms with Crippen molar-refractivity contribution in [3.8, 4) is 111 Å². The molecular formula is C134H76O4. The molecular weight excluding hydrogens is 1670 g/mol. The highest BCUT2D eigenvalue weighted by molar-refractivity contribution is 6.26. The van der Waals surface area contributed by atoms with Crippen molar-refractivity contribution in [2.75, 3.05) is 0 Å². The Labute approximate surface area is 792 Å². The van der Waals surface area contributed by atoms with Crippen LogP contribution in [0.4, 0.5) is 0 Å². The molecule has 2 spiro atoms. The summed E-state index contributed by atoms with van der Waals surface area (Å²) < 4.78 is 26.7. The molecule has 0 saturated carbocycles. The van der Waals surface area contributed by atoms with Crippen LogP contribution in [0.5, 0.6) is 0 Å². The molecule has 0 bridgehead atoms. The molecule has 0 N–H and O–H groups in total. The summed E-state index contributed by atoms with van der Waals surface area (Å²) in [6, 6.07) is 171. The predicted octanol–water partition coefficient (Wildman–Crippen LogP) is 36.6. The largest absolute Gasteiger partial charge is 0.456 e. The third kappa shape index (κ3) is 10.1. The molecule has 32 rings (SSSR count). The summed E-state index contributed by atoms with van der Waals surface area (Å²) in [5, 5.41) is 23.5. The van der Waals surface area contributed by atoms with E-state index in [4.69, 9.17) is 17.7 Å². The van der Waals surface area contributed by atoms with E-state index in [9.17, 15) is 0 Å². The Morgan fingerprint density at radius 2 is 0.391 bits per heavy atom. The Morgan fingerprint density at radius 1 is 0.130 bits per heavy atom. The van der Waals surface area contributed by atoms with Gasteiger partial charge in [-0.05, 0) is 270 Å². The summed E-state index contributed by atoms with van der Waals surface area (Å²) in [5.41, 5.74) is 40.9. The molecule has 0 fully saturated rings. The van der Waals surface area contributed by atoms with E-state index >= 15 is 0 Å². The van der Waals surface area contributed by atoms with Crippen LogP contribution in [0.25, 0.3) is 264 Å². The van der Waals surface area contributed by atoms with Gasteiger partial charge in [0.2, 0.25) is 0 Å². The number of para-hydroxylation sites is 6. The second-order valence-electron chi connectivity index (χ2n) is 37.8. The van der Waals surface area contributed by atoms with Crippen molar-refractivity contribution in [1.82, 2.24) is 0 Å². The third-order valence-corrected chi connectivity index (χ3v) is 31.4. The Bertz CT molecular complexity index is 9850. The molecule has 28 aromatic rings. The van der Waals surface area contributed by atoms with Crippen LogP contribution in [0.15, 0.2) is 479 Å². The minimum Gasteiger partial charge on any atom is -0.456 e. The Kier molecular flexibility index (Phi) is 15.5. The fourth-order valence-electron chi connectivity index (χ4n) is 25.9. The van der Waals surface area contributed by atoms with Gasteiger partial charge in [0.1, 0.15) is 44.7 Å². The van der Waals surface area contributed by atoms with Crippen molar-refractivity contribution in [3.63, 3.8) is 0 Å². The van der Waals surface area contributed by atoms with Gasteiger partial charge < -0.3 is 17.7 Å². The van der Waals surface area contributed by atoms with Crippen LogP contribution >= 0.6 is 0 Å². The normalized spacial score (nSPS) is 13.3. The van der Waals surface area contributed by atoms with Crippen molar-refractivity contribution in [2.24, 2.45) is 0 Å². The predicted molar refractivity (Wildman–Crippen MR) is 572 cm³/mol. The standard InChI is InChI=1S/2C67H38O2/c1-2-17-40-39(16-1)36-37-59-63(40)54-31-15-30-53(64(54)67(59)57-32-7-3-18-43(57)44-19-4-8-33-58(44)67)62-47-24-11-22-41(49-26-13-28-51-45-20-5-9-34-60(45)68-65(49)51)55(47)38-56-42(23-12-25-48(56)62)50-27-14-29-52-46-21-6-10-35-61(46)69-66(50)52;1-2-15-44-39(14-1)32-35-59-65(44)54-25-13-24-53(66(54)67(59)57-26-7-3-16-45(57)46-17-4-8-27-58(46)67)64-51-22-11-20-42(40-30-33-49-47-18-5-9-28-60(47)68-62(49)36-40)55(51)38-56-43(21-12-23-52(56)64)41-31-34-50-48-19-6-10-29-61(48)69-63(50)37-41/h2*1-38H. The maximum Gasteiger partial charge on any atom is 0.143 e. The topological polar surface area (TPSA) is 52.6 Å². The highest BCUT2D eigenvalue weighted by Crippen LogP contribution is 2.69. The molecule has 4 heteroatoms. The van der Waals surface area contributed by atoms with E-state index in [1.807, 2.05) is 12.1 Å². The Hall–Kier alpha value is -18.0. The molecule has 4 nitrogen and oxygen atoms in total. The van der Waals surface area contributed by atoms with Crippen LogP contribution < -0.4 is 0 Å². The average Bonchev–Trinajstić information content (AvgIpc) is 1.50. The summed E-state index contributed by atoms with van der Waals surface area (Å²) in [7, 11) is 0. The van der Waals surface area contributed by atoms with Gasteiger partial charge in [0.15, 0.2) is 0 Å². The molecule has 4 aliphatic carbocycles. The van der Waals surface area contributed by atoms with Crippen LogP contribution in [0.2, 0.25) is 0 Å². The summed E-state index contributed by atoms with van der Waals surface area (Å²) in [5.74, 6) is 0. The summed E-state index contributed by atoms with van der Waals surface area (Å²) in [4.78, 5) is 0. The highest BCUT2D eigenvalue weighted by Gasteiger charge is 2.55. The lowest BCUT2D eigenvalue weighted by Gasteiger charge is -2.33. The molecule has 0 radical (unpaired) electrons. The zero-order valence-electron chi connectivity index (χ0n) is 74.5. The monoisotopic (exact) mass is 1750 g/mol. The van der Waals surface area contributed by atoms with Crippen LogP contribution in [-0.4, -0.2) is 0 Å². The van der Waals surface area contributed by atoms with Crippen molar-refractivity contribution in [1.29, 1.82) is 0 Å². The Balaban J connectivity index is 0.000000128. The van der Waals surface area contributed by atoms with Crippen LogP contribution in [0, 0.1) is 0 Å². The smallest absolute Gasteiger partial charge is 0.143 e. The lowest BCUT2D eigenvalue weighted by molar-refractivity contribution is 0.668. The van der Waals surface area contributed by atoms with E-state index in [0.717, 1.165) is 143 Å². The van der Waals surface area contributed by atoms with Crippen LogP contribution in [-0.2, 0) is 10.8 Å². The molecule has 636 valence electrons. The minimum atomic E-state index is -0.581. The molecule has 4 aromatic heterocycles. The van der Waals surface area contributed by atoms with Crippen LogP contribution in [0.1, 0.15) is 44.5 Å². The maximum atomic E-state index is 6.81. The van der Waals surface area contributed by atoms with Gasteiger partial charge in [-0.15, -0.1) is 0 Å². The number of hydrogen-bond acceptors (Lipinski definition) is 4. The summed E-state index contributed by atoms with van der Waals surface area (Å²) >= 11 is 0. The zero-order chi connectivity index (χ0) is 89.9. The van der Waals surface area contributed by atoms with E-state index < -0.39 is 10.8 Å². The molecule has 4 aliphatic rings. The lowest BCUT2D eigenvalue weighted by Crippen LogP contribution is -2.26.